The second-order valence-electron chi connectivity index (χ2n) is 18.5. The average molecular weight is 793 g/mol. The smallest absolute Gasteiger partial charge is 0.306 e. The lowest BCUT2D eigenvalue weighted by Gasteiger charge is -2.18. The third kappa shape index (κ3) is 43.5. The van der Waals surface area contributed by atoms with Crippen molar-refractivity contribution in [2.24, 2.45) is 17.8 Å². The Morgan fingerprint density at radius 1 is 0.304 bits per heavy atom. The van der Waals surface area contributed by atoms with Crippen molar-refractivity contribution in [2.45, 2.75) is 272 Å². The number of rotatable bonds is 43. The summed E-state index contributed by atoms with van der Waals surface area (Å²) in [7, 11) is 0. The summed E-state index contributed by atoms with van der Waals surface area (Å²) >= 11 is 0. The van der Waals surface area contributed by atoms with Crippen molar-refractivity contribution in [3.05, 3.63) is 0 Å². The first-order valence-corrected chi connectivity index (χ1v) is 24.6. The van der Waals surface area contributed by atoms with Crippen LogP contribution >= 0.6 is 0 Å². The third-order valence-corrected chi connectivity index (χ3v) is 11.1. The molecule has 56 heavy (non-hydrogen) atoms. The highest BCUT2D eigenvalue weighted by molar-refractivity contribution is 5.71. The second-order valence-corrected chi connectivity index (χ2v) is 18.5. The van der Waals surface area contributed by atoms with Crippen LogP contribution in [0.15, 0.2) is 0 Å². The van der Waals surface area contributed by atoms with Gasteiger partial charge in [0.25, 0.3) is 0 Å². The Morgan fingerprint density at radius 3 is 0.768 bits per heavy atom. The topological polar surface area (TPSA) is 78.9 Å². The fourth-order valence-corrected chi connectivity index (χ4v) is 7.41. The molecule has 0 aromatic rings. The highest BCUT2D eigenvalue weighted by Gasteiger charge is 2.19. The normalized spacial score (nSPS) is 12.2. The first-order valence-electron chi connectivity index (χ1n) is 24.6. The maximum absolute atomic E-state index is 12.7. The first kappa shape index (κ1) is 54.4. The lowest BCUT2D eigenvalue weighted by Crippen LogP contribution is -2.30. The largest absolute Gasteiger partial charge is 0.462 e. The summed E-state index contributed by atoms with van der Waals surface area (Å²) in [5.41, 5.74) is 0. The minimum absolute atomic E-state index is 0.0664. The maximum atomic E-state index is 12.7. The monoisotopic (exact) mass is 793 g/mol. The molecule has 0 bridgehead atoms. The predicted molar refractivity (Wildman–Crippen MR) is 238 cm³/mol. The highest BCUT2D eigenvalue weighted by atomic mass is 16.6. The summed E-state index contributed by atoms with van der Waals surface area (Å²) in [4.78, 5) is 37.7. The van der Waals surface area contributed by atoms with Gasteiger partial charge in [0.2, 0.25) is 0 Å². The van der Waals surface area contributed by atoms with Crippen LogP contribution in [0.5, 0.6) is 0 Å². The summed E-state index contributed by atoms with van der Waals surface area (Å²) in [5.74, 6) is 1.53. The molecule has 0 aliphatic carbocycles. The number of carbonyl (C=O) groups excluding carboxylic acids is 3. The maximum Gasteiger partial charge on any atom is 0.306 e. The fraction of sp³-hybridized carbons (Fsp3) is 0.940. The Balaban J connectivity index is 4.20. The molecule has 0 heterocycles. The molecule has 0 saturated carbocycles. The number of hydrogen-bond acceptors (Lipinski definition) is 6. The summed E-state index contributed by atoms with van der Waals surface area (Å²) in [6, 6.07) is 0. The quantitative estimate of drug-likeness (QED) is 0.0348. The molecule has 332 valence electrons. The Kier molecular flexibility index (Phi) is 40.4. The molecule has 1 atom stereocenters. The molecule has 0 aliphatic heterocycles. The second kappa shape index (κ2) is 41.6. The van der Waals surface area contributed by atoms with E-state index in [1.54, 1.807) is 0 Å². The molecule has 0 N–H and O–H groups in total. The zero-order chi connectivity index (χ0) is 41.3. The van der Waals surface area contributed by atoms with Gasteiger partial charge >= 0.3 is 17.9 Å². The van der Waals surface area contributed by atoms with Crippen molar-refractivity contribution >= 4 is 17.9 Å². The van der Waals surface area contributed by atoms with Crippen LogP contribution in [-0.2, 0) is 28.6 Å². The molecule has 0 unspecified atom stereocenters. The van der Waals surface area contributed by atoms with Crippen molar-refractivity contribution < 1.29 is 28.6 Å². The average Bonchev–Trinajstić information content (AvgIpc) is 3.15. The van der Waals surface area contributed by atoms with Gasteiger partial charge in [-0.2, -0.15) is 0 Å². The summed E-state index contributed by atoms with van der Waals surface area (Å²) < 4.78 is 16.7. The van der Waals surface area contributed by atoms with Crippen LogP contribution in [-0.4, -0.2) is 37.2 Å². The third-order valence-electron chi connectivity index (χ3n) is 11.1. The molecule has 6 nitrogen and oxygen atoms in total. The number of carbonyl (C=O) groups is 3. The molecule has 6 heteroatoms. The van der Waals surface area contributed by atoms with Gasteiger partial charge in [0, 0.05) is 19.3 Å². The molecule has 0 spiro atoms. The lowest BCUT2D eigenvalue weighted by atomic mass is 10.0. The molecule has 0 aromatic heterocycles. The Hall–Kier alpha value is -1.59. The SMILES string of the molecule is CC(C)CCCCCCCCCCCCCCCCCCC(=O)OC[C@H](COC(=O)CCCCCCCCC(C)C)OC(=O)CCCCCCCCCC(C)C. The van der Waals surface area contributed by atoms with E-state index in [9.17, 15) is 14.4 Å². The molecular weight excluding hydrogens is 697 g/mol. The first-order chi connectivity index (χ1) is 27.1. The van der Waals surface area contributed by atoms with E-state index in [1.165, 1.54) is 148 Å². The van der Waals surface area contributed by atoms with Crippen LogP contribution in [0.4, 0.5) is 0 Å². The number of hydrogen-bond donors (Lipinski definition) is 0. The van der Waals surface area contributed by atoms with Crippen LogP contribution in [0.1, 0.15) is 266 Å². The van der Waals surface area contributed by atoms with Crippen LogP contribution in [0.2, 0.25) is 0 Å². The number of esters is 3. The van der Waals surface area contributed by atoms with E-state index >= 15 is 0 Å². The molecule has 0 aliphatic rings. The summed E-state index contributed by atoms with van der Waals surface area (Å²) in [6.45, 7) is 13.6. The van der Waals surface area contributed by atoms with Gasteiger partial charge in [-0.25, -0.2) is 0 Å². The van der Waals surface area contributed by atoms with Crippen molar-refractivity contribution in [1.82, 2.24) is 0 Å². The van der Waals surface area contributed by atoms with E-state index in [4.69, 9.17) is 14.2 Å². The molecule has 0 aromatic carbocycles. The van der Waals surface area contributed by atoms with Crippen molar-refractivity contribution in [1.29, 1.82) is 0 Å². The molecule has 0 fully saturated rings. The molecule has 0 amide bonds. The van der Waals surface area contributed by atoms with Gasteiger partial charge in [-0.05, 0) is 37.0 Å². The van der Waals surface area contributed by atoms with Gasteiger partial charge in [-0.1, -0.05) is 228 Å². The minimum Gasteiger partial charge on any atom is -0.462 e. The van der Waals surface area contributed by atoms with Crippen LogP contribution in [0.25, 0.3) is 0 Å². The van der Waals surface area contributed by atoms with E-state index in [0.29, 0.717) is 19.3 Å². The van der Waals surface area contributed by atoms with E-state index in [2.05, 4.69) is 41.5 Å². The van der Waals surface area contributed by atoms with E-state index in [1.807, 2.05) is 0 Å². The summed E-state index contributed by atoms with van der Waals surface area (Å²) in [5, 5.41) is 0. The number of ether oxygens (including phenoxy) is 3. The summed E-state index contributed by atoms with van der Waals surface area (Å²) in [6.07, 6.45) is 39.8. The highest BCUT2D eigenvalue weighted by Crippen LogP contribution is 2.17. The molecule has 0 rings (SSSR count). The van der Waals surface area contributed by atoms with Gasteiger partial charge in [0.1, 0.15) is 13.2 Å². The Morgan fingerprint density at radius 2 is 0.518 bits per heavy atom. The van der Waals surface area contributed by atoms with E-state index < -0.39 is 6.10 Å². The molecular formula is C50H96O6. The Bertz CT molecular complexity index is 868. The van der Waals surface area contributed by atoms with Crippen molar-refractivity contribution in [3.63, 3.8) is 0 Å². The van der Waals surface area contributed by atoms with Gasteiger partial charge in [0.05, 0.1) is 0 Å². The van der Waals surface area contributed by atoms with E-state index in [-0.39, 0.29) is 31.1 Å². The van der Waals surface area contributed by atoms with Crippen LogP contribution in [0.3, 0.4) is 0 Å². The zero-order valence-electron chi connectivity index (χ0n) is 38.4. The lowest BCUT2D eigenvalue weighted by molar-refractivity contribution is -0.167. The van der Waals surface area contributed by atoms with E-state index in [0.717, 1.165) is 75.5 Å². The standard InChI is InChI=1S/C50H96O6/c1-44(2)36-30-24-18-15-13-11-9-7-8-10-12-14-16-20-27-33-39-48(51)54-42-47(43-55-49(52)40-34-28-23-22-26-32-38-46(5)6)56-50(53)41-35-29-21-17-19-25-31-37-45(3)4/h44-47H,7-43H2,1-6H3/t47-/m1/s1. The molecule has 0 radical (unpaired) electrons. The van der Waals surface area contributed by atoms with Gasteiger partial charge < -0.3 is 14.2 Å². The minimum atomic E-state index is -0.762. The fourth-order valence-electron chi connectivity index (χ4n) is 7.41. The van der Waals surface area contributed by atoms with Gasteiger partial charge in [-0.3, -0.25) is 14.4 Å². The van der Waals surface area contributed by atoms with Crippen LogP contribution < -0.4 is 0 Å². The van der Waals surface area contributed by atoms with Gasteiger partial charge in [0.15, 0.2) is 6.10 Å². The molecule has 0 saturated heterocycles. The van der Waals surface area contributed by atoms with Crippen molar-refractivity contribution in [3.8, 4) is 0 Å². The number of unbranched alkanes of at least 4 members (excludes halogenated alkanes) is 26. The predicted octanol–water partition coefficient (Wildman–Crippen LogP) is 15.6. The zero-order valence-corrected chi connectivity index (χ0v) is 38.4. The van der Waals surface area contributed by atoms with Crippen molar-refractivity contribution in [2.75, 3.05) is 13.2 Å². The van der Waals surface area contributed by atoms with Crippen LogP contribution in [0, 0.1) is 17.8 Å². The van der Waals surface area contributed by atoms with Gasteiger partial charge in [-0.15, -0.1) is 0 Å². The Labute approximate surface area is 348 Å².